The Morgan fingerprint density at radius 2 is 2.32 bits per heavy atom. The third-order valence-corrected chi connectivity index (χ3v) is 3.38. The van der Waals surface area contributed by atoms with Gasteiger partial charge in [0.25, 0.3) is 0 Å². The second-order valence-electron chi connectivity index (χ2n) is 4.62. The molecular weight excluding hydrogens is 249 g/mol. The molecule has 1 aliphatic rings. The lowest BCUT2D eigenvalue weighted by Gasteiger charge is -2.15. The highest BCUT2D eigenvalue weighted by Gasteiger charge is 2.30. The first-order valence-corrected chi connectivity index (χ1v) is 6.11. The van der Waals surface area contributed by atoms with Gasteiger partial charge in [0.15, 0.2) is 5.82 Å². The van der Waals surface area contributed by atoms with Gasteiger partial charge in [-0.15, -0.1) is 5.10 Å². The van der Waals surface area contributed by atoms with Crippen molar-refractivity contribution in [3.8, 4) is 11.4 Å². The average molecular weight is 263 g/mol. The minimum atomic E-state index is -0.428. The highest BCUT2D eigenvalue weighted by atomic mass is 19.1. The summed E-state index contributed by atoms with van der Waals surface area (Å²) in [7, 11) is 0. The van der Waals surface area contributed by atoms with Crippen molar-refractivity contribution in [3.05, 3.63) is 24.0 Å². The van der Waals surface area contributed by atoms with Crippen LogP contribution in [0.4, 0.5) is 10.1 Å². The molecule has 0 saturated carbocycles. The van der Waals surface area contributed by atoms with E-state index in [0.717, 1.165) is 6.42 Å². The standard InChI is InChI=1S/C12H14FN5O/c1-7-11(4-5-19-7)18-12(15-16-17-18)9-3-2-8(14)6-10(9)13/h2-3,6-7,11H,4-5,14H2,1H3. The smallest absolute Gasteiger partial charge is 0.185 e. The third-order valence-electron chi connectivity index (χ3n) is 3.38. The molecule has 1 aromatic carbocycles. The summed E-state index contributed by atoms with van der Waals surface area (Å²) in [5.74, 6) is -0.0255. The lowest BCUT2D eigenvalue weighted by Crippen LogP contribution is -2.19. The van der Waals surface area contributed by atoms with Crippen LogP contribution in [-0.2, 0) is 4.74 Å². The molecule has 100 valence electrons. The number of ether oxygens (including phenoxy) is 1. The van der Waals surface area contributed by atoms with Crippen LogP contribution in [0.3, 0.4) is 0 Å². The molecule has 1 aromatic heterocycles. The summed E-state index contributed by atoms with van der Waals surface area (Å²) in [5, 5.41) is 11.5. The van der Waals surface area contributed by atoms with Crippen LogP contribution in [0.15, 0.2) is 18.2 Å². The van der Waals surface area contributed by atoms with E-state index in [0.29, 0.717) is 23.7 Å². The van der Waals surface area contributed by atoms with Crippen molar-refractivity contribution in [2.24, 2.45) is 0 Å². The predicted octanol–water partition coefficient (Wildman–Crippen LogP) is 1.41. The number of anilines is 1. The molecule has 1 saturated heterocycles. The number of nitrogens with zero attached hydrogens (tertiary/aromatic N) is 4. The normalized spacial score (nSPS) is 22.8. The van der Waals surface area contributed by atoms with Crippen molar-refractivity contribution in [2.75, 3.05) is 12.3 Å². The average Bonchev–Trinajstić information content (AvgIpc) is 2.97. The SMILES string of the molecule is CC1OCCC1n1nnnc1-c1ccc(N)cc1F. The molecule has 6 nitrogen and oxygen atoms in total. The molecule has 1 fully saturated rings. The molecule has 0 radical (unpaired) electrons. The van der Waals surface area contributed by atoms with E-state index in [4.69, 9.17) is 10.5 Å². The zero-order valence-corrected chi connectivity index (χ0v) is 10.5. The Balaban J connectivity index is 2.04. The van der Waals surface area contributed by atoms with E-state index >= 15 is 0 Å². The summed E-state index contributed by atoms with van der Waals surface area (Å²) in [5.41, 5.74) is 6.26. The van der Waals surface area contributed by atoms with Gasteiger partial charge in [0.1, 0.15) is 5.82 Å². The van der Waals surface area contributed by atoms with Crippen LogP contribution >= 0.6 is 0 Å². The first-order chi connectivity index (χ1) is 9.16. The fourth-order valence-electron chi connectivity index (χ4n) is 2.35. The first kappa shape index (κ1) is 12.0. The number of nitrogen functional groups attached to an aromatic ring is 1. The minimum absolute atomic E-state index is 0.0130. The molecule has 2 aromatic rings. The maximum atomic E-state index is 14.0. The number of nitrogens with two attached hydrogens (primary N) is 1. The van der Waals surface area contributed by atoms with Gasteiger partial charge in [-0.3, -0.25) is 0 Å². The van der Waals surface area contributed by atoms with Crippen molar-refractivity contribution >= 4 is 5.69 Å². The Hall–Kier alpha value is -2.02. The molecule has 3 rings (SSSR count). The van der Waals surface area contributed by atoms with Crippen LogP contribution in [0.5, 0.6) is 0 Å². The van der Waals surface area contributed by atoms with E-state index in [-0.39, 0.29) is 12.1 Å². The van der Waals surface area contributed by atoms with Crippen molar-refractivity contribution in [3.63, 3.8) is 0 Å². The highest BCUT2D eigenvalue weighted by molar-refractivity contribution is 5.59. The molecule has 19 heavy (non-hydrogen) atoms. The van der Waals surface area contributed by atoms with E-state index in [9.17, 15) is 4.39 Å². The molecule has 7 heteroatoms. The lowest BCUT2D eigenvalue weighted by atomic mass is 10.1. The number of tetrazole rings is 1. The Labute approximate surface area is 109 Å². The summed E-state index contributed by atoms with van der Waals surface area (Å²) in [6.07, 6.45) is 0.828. The largest absolute Gasteiger partial charge is 0.399 e. The maximum Gasteiger partial charge on any atom is 0.185 e. The van der Waals surface area contributed by atoms with Gasteiger partial charge in [0.05, 0.1) is 17.7 Å². The van der Waals surface area contributed by atoms with E-state index in [1.54, 1.807) is 16.8 Å². The van der Waals surface area contributed by atoms with Crippen molar-refractivity contribution in [1.82, 2.24) is 20.2 Å². The molecule has 0 bridgehead atoms. The highest BCUT2D eigenvalue weighted by Crippen LogP contribution is 2.30. The maximum absolute atomic E-state index is 14.0. The molecule has 0 aliphatic carbocycles. The van der Waals surface area contributed by atoms with Crippen LogP contribution in [0.1, 0.15) is 19.4 Å². The van der Waals surface area contributed by atoms with Gasteiger partial charge in [-0.1, -0.05) is 0 Å². The van der Waals surface area contributed by atoms with Crippen LogP contribution in [-0.4, -0.2) is 32.9 Å². The minimum Gasteiger partial charge on any atom is -0.399 e. The second-order valence-corrected chi connectivity index (χ2v) is 4.62. The molecule has 2 heterocycles. The van der Waals surface area contributed by atoms with Crippen LogP contribution in [0, 0.1) is 5.82 Å². The van der Waals surface area contributed by atoms with Crippen molar-refractivity contribution < 1.29 is 9.13 Å². The number of hydrogen-bond donors (Lipinski definition) is 1. The van der Waals surface area contributed by atoms with Crippen molar-refractivity contribution in [2.45, 2.75) is 25.5 Å². The third kappa shape index (κ3) is 2.06. The number of aromatic nitrogens is 4. The number of hydrogen-bond acceptors (Lipinski definition) is 5. The van der Waals surface area contributed by atoms with Gasteiger partial charge in [-0.25, -0.2) is 9.07 Å². The number of rotatable bonds is 2. The molecular formula is C12H14FN5O. The molecule has 2 atom stereocenters. The van der Waals surface area contributed by atoms with Gasteiger partial charge >= 0.3 is 0 Å². The van der Waals surface area contributed by atoms with E-state index in [1.165, 1.54) is 6.07 Å². The van der Waals surface area contributed by atoms with Crippen LogP contribution in [0.25, 0.3) is 11.4 Å². The van der Waals surface area contributed by atoms with E-state index in [2.05, 4.69) is 15.5 Å². The van der Waals surface area contributed by atoms with Gasteiger partial charge in [0.2, 0.25) is 0 Å². The van der Waals surface area contributed by atoms with Gasteiger partial charge in [-0.05, 0) is 42.0 Å². The van der Waals surface area contributed by atoms with Gasteiger partial charge < -0.3 is 10.5 Å². The van der Waals surface area contributed by atoms with Crippen molar-refractivity contribution in [1.29, 1.82) is 0 Å². The lowest BCUT2D eigenvalue weighted by molar-refractivity contribution is 0.105. The Bertz CT molecular complexity index is 600. The van der Waals surface area contributed by atoms with Crippen LogP contribution < -0.4 is 5.73 Å². The molecule has 2 N–H and O–H groups in total. The summed E-state index contributed by atoms with van der Waals surface area (Å²) < 4.78 is 21.1. The van der Waals surface area contributed by atoms with Crippen LogP contribution in [0.2, 0.25) is 0 Å². The molecule has 2 unspecified atom stereocenters. The zero-order chi connectivity index (χ0) is 13.4. The Morgan fingerprint density at radius 3 is 3.00 bits per heavy atom. The fourth-order valence-corrected chi connectivity index (χ4v) is 2.35. The number of benzene rings is 1. The predicted molar refractivity (Wildman–Crippen MR) is 66.7 cm³/mol. The molecule has 0 spiro atoms. The summed E-state index contributed by atoms with van der Waals surface area (Å²) in [4.78, 5) is 0. The van der Waals surface area contributed by atoms with Gasteiger partial charge in [0, 0.05) is 12.3 Å². The van der Waals surface area contributed by atoms with E-state index < -0.39 is 5.82 Å². The zero-order valence-electron chi connectivity index (χ0n) is 10.5. The first-order valence-electron chi connectivity index (χ1n) is 6.11. The quantitative estimate of drug-likeness (QED) is 0.829. The Kier molecular flexibility index (Phi) is 2.90. The number of halogens is 1. The second kappa shape index (κ2) is 4.58. The topological polar surface area (TPSA) is 78.8 Å². The molecule has 0 amide bonds. The monoisotopic (exact) mass is 263 g/mol. The summed E-state index contributed by atoms with van der Waals surface area (Å²) in [6.45, 7) is 2.62. The van der Waals surface area contributed by atoms with E-state index in [1.807, 2.05) is 6.92 Å². The fraction of sp³-hybridized carbons (Fsp3) is 0.417. The molecule has 1 aliphatic heterocycles. The summed E-state index contributed by atoms with van der Waals surface area (Å²) in [6, 6.07) is 4.52. The van der Waals surface area contributed by atoms with Gasteiger partial charge in [-0.2, -0.15) is 0 Å². The Morgan fingerprint density at radius 1 is 1.47 bits per heavy atom. The summed E-state index contributed by atoms with van der Waals surface area (Å²) >= 11 is 0.